The molecule has 0 saturated carbocycles. The third kappa shape index (κ3) is 2.56. The molecule has 4 rings (SSSR count). The molecule has 0 aliphatic carbocycles. The molecule has 2 fully saturated rings. The van der Waals surface area contributed by atoms with E-state index in [-0.39, 0.29) is 24.0 Å². The molecule has 3 atom stereocenters. The third-order valence-corrected chi connectivity index (χ3v) is 5.26. The van der Waals surface area contributed by atoms with Crippen molar-refractivity contribution >= 4 is 11.7 Å². The smallest absolute Gasteiger partial charge is 0.254 e. The van der Waals surface area contributed by atoms with Crippen molar-refractivity contribution in [3.63, 3.8) is 0 Å². The van der Waals surface area contributed by atoms with Crippen molar-refractivity contribution in [2.24, 2.45) is 0 Å². The second kappa shape index (κ2) is 5.39. The van der Waals surface area contributed by atoms with Crippen LogP contribution in [-0.2, 0) is 25.6 Å². The van der Waals surface area contributed by atoms with E-state index in [1.807, 2.05) is 24.0 Å². The second-order valence-corrected chi connectivity index (χ2v) is 7.57. The van der Waals surface area contributed by atoms with E-state index in [9.17, 15) is 9.59 Å². The van der Waals surface area contributed by atoms with Gasteiger partial charge in [-0.15, -0.1) is 0 Å². The molecule has 2 saturated heterocycles. The standard InChI is InChI=1S/C19H23NO4/c1-11-4-5-12-10-20-7-6-13(14(12)8-11)15(21)9-16-17(18(20)22)24-19(2,3)23-16/h4-5,8,13,16-17H,6-7,9-10H2,1-3H3. The van der Waals surface area contributed by atoms with Gasteiger partial charge in [0.15, 0.2) is 11.9 Å². The Morgan fingerprint density at radius 1 is 1.21 bits per heavy atom. The Morgan fingerprint density at radius 3 is 2.79 bits per heavy atom. The van der Waals surface area contributed by atoms with Gasteiger partial charge in [0.05, 0.1) is 0 Å². The first kappa shape index (κ1) is 15.8. The van der Waals surface area contributed by atoms with E-state index in [1.54, 1.807) is 13.8 Å². The summed E-state index contributed by atoms with van der Waals surface area (Å²) < 4.78 is 11.7. The molecule has 128 valence electrons. The number of carbonyl (C=O) groups excluding carboxylic acids is 2. The second-order valence-electron chi connectivity index (χ2n) is 7.57. The van der Waals surface area contributed by atoms with Crippen LogP contribution in [0.1, 0.15) is 49.3 Å². The van der Waals surface area contributed by atoms with Crippen molar-refractivity contribution < 1.29 is 19.1 Å². The van der Waals surface area contributed by atoms with Gasteiger partial charge in [-0.2, -0.15) is 0 Å². The largest absolute Gasteiger partial charge is 0.344 e. The summed E-state index contributed by atoms with van der Waals surface area (Å²) >= 11 is 0. The first-order valence-electron chi connectivity index (χ1n) is 8.60. The number of aryl methyl sites for hydroxylation is 1. The molecular weight excluding hydrogens is 306 g/mol. The number of nitrogens with zero attached hydrogens (tertiary/aromatic N) is 1. The molecular formula is C19H23NO4. The normalized spacial score (nSPS) is 31.8. The zero-order valence-corrected chi connectivity index (χ0v) is 14.4. The molecule has 0 aromatic heterocycles. The summed E-state index contributed by atoms with van der Waals surface area (Å²) in [6.45, 7) is 6.74. The quantitative estimate of drug-likeness (QED) is 0.733. The topological polar surface area (TPSA) is 55.8 Å². The summed E-state index contributed by atoms with van der Waals surface area (Å²) in [5.74, 6) is -0.908. The first-order chi connectivity index (χ1) is 11.3. The predicted octanol–water partition coefficient (Wildman–Crippen LogP) is 2.30. The Hall–Kier alpha value is -1.72. The number of carbonyl (C=O) groups is 2. The van der Waals surface area contributed by atoms with Crippen molar-refractivity contribution in [1.82, 2.24) is 4.90 Å². The first-order valence-corrected chi connectivity index (χ1v) is 8.60. The maximum Gasteiger partial charge on any atom is 0.254 e. The molecule has 1 aromatic carbocycles. The van der Waals surface area contributed by atoms with Gasteiger partial charge in [-0.25, -0.2) is 0 Å². The minimum absolute atomic E-state index is 0.0625. The highest BCUT2D eigenvalue weighted by Crippen LogP contribution is 2.38. The molecule has 3 unspecified atom stereocenters. The van der Waals surface area contributed by atoms with E-state index in [4.69, 9.17) is 9.47 Å². The summed E-state index contributed by atoms with van der Waals surface area (Å²) in [7, 11) is 0. The summed E-state index contributed by atoms with van der Waals surface area (Å²) in [4.78, 5) is 27.8. The van der Waals surface area contributed by atoms with Crippen molar-refractivity contribution in [3.05, 3.63) is 34.9 Å². The number of hydrogen-bond donors (Lipinski definition) is 0. The van der Waals surface area contributed by atoms with Crippen LogP contribution in [0.4, 0.5) is 0 Å². The zero-order valence-electron chi connectivity index (χ0n) is 14.4. The maximum atomic E-state index is 13.0. The van der Waals surface area contributed by atoms with Gasteiger partial charge in [0.2, 0.25) is 0 Å². The maximum absolute atomic E-state index is 13.0. The highest BCUT2D eigenvalue weighted by molar-refractivity contribution is 5.90. The molecule has 1 aromatic rings. The van der Waals surface area contributed by atoms with Crippen LogP contribution in [0, 0.1) is 6.92 Å². The Morgan fingerprint density at radius 2 is 2.00 bits per heavy atom. The fourth-order valence-electron chi connectivity index (χ4n) is 4.14. The monoisotopic (exact) mass is 329 g/mol. The molecule has 0 spiro atoms. The van der Waals surface area contributed by atoms with Gasteiger partial charge in [-0.3, -0.25) is 9.59 Å². The van der Waals surface area contributed by atoms with E-state index in [2.05, 4.69) is 6.07 Å². The van der Waals surface area contributed by atoms with Crippen molar-refractivity contribution in [2.45, 2.75) is 64.1 Å². The minimum Gasteiger partial charge on any atom is -0.344 e. The molecule has 3 aliphatic heterocycles. The fourth-order valence-corrected chi connectivity index (χ4v) is 4.14. The van der Waals surface area contributed by atoms with Gasteiger partial charge in [-0.05, 0) is 38.3 Å². The molecule has 5 nitrogen and oxygen atoms in total. The summed E-state index contributed by atoms with van der Waals surface area (Å²) in [6, 6.07) is 6.19. The predicted molar refractivity (Wildman–Crippen MR) is 87.4 cm³/mol. The molecule has 0 radical (unpaired) electrons. The lowest BCUT2D eigenvalue weighted by atomic mass is 9.85. The van der Waals surface area contributed by atoms with Gasteiger partial charge in [0.1, 0.15) is 11.9 Å². The third-order valence-electron chi connectivity index (χ3n) is 5.26. The lowest BCUT2D eigenvalue weighted by Crippen LogP contribution is -2.43. The van der Waals surface area contributed by atoms with Crippen molar-refractivity contribution in [1.29, 1.82) is 0 Å². The van der Waals surface area contributed by atoms with Gasteiger partial charge in [-0.1, -0.05) is 23.8 Å². The minimum atomic E-state index is -0.830. The van der Waals surface area contributed by atoms with Gasteiger partial charge in [0, 0.05) is 25.4 Å². The van der Waals surface area contributed by atoms with Crippen LogP contribution in [0.5, 0.6) is 0 Å². The van der Waals surface area contributed by atoms with Crippen LogP contribution in [0.15, 0.2) is 18.2 Å². The SMILES string of the molecule is Cc1ccc2c(c1)C1CCN(C2)C(=O)C2OC(C)(C)OC2CC1=O. The number of rotatable bonds is 0. The molecule has 0 N–H and O–H groups in total. The van der Waals surface area contributed by atoms with Crippen LogP contribution in [0.2, 0.25) is 0 Å². The molecule has 5 heteroatoms. The van der Waals surface area contributed by atoms with Gasteiger partial charge in [0.25, 0.3) is 5.91 Å². The number of benzene rings is 1. The Labute approximate surface area is 141 Å². The summed E-state index contributed by atoms with van der Waals surface area (Å²) in [5.41, 5.74) is 3.29. The Kier molecular flexibility index (Phi) is 3.55. The van der Waals surface area contributed by atoms with Crippen LogP contribution < -0.4 is 0 Å². The molecule has 1 amide bonds. The molecule has 3 heterocycles. The van der Waals surface area contributed by atoms with Gasteiger partial charge >= 0.3 is 0 Å². The van der Waals surface area contributed by atoms with Gasteiger partial charge < -0.3 is 14.4 Å². The van der Waals surface area contributed by atoms with Crippen LogP contribution in [0.25, 0.3) is 0 Å². The number of ketones is 1. The van der Waals surface area contributed by atoms with Crippen LogP contribution in [-0.4, -0.2) is 41.1 Å². The lowest BCUT2D eigenvalue weighted by molar-refractivity contribution is -0.162. The van der Waals surface area contributed by atoms with E-state index in [1.165, 1.54) is 0 Å². The highest BCUT2D eigenvalue weighted by atomic mass is 16.8. The average molecular weight is 329 g/mol. The molecule has 24 heavy (non-hydrogen) atoms. The Balaban J connectivity index is 1.79. The lowest BCUT2D eigenvalue weighted by Gasteiger charge is -2.26. The summed E-state index contributed by atoms with van der Waals surface area (Å²) in [6.07, 6.45) is -0.278. The van der Waals surface area contributed by atoms with E-state index in [0.717, 1.165) is 16.7 Å². The fraction of sp³-hybridized carbons (Fsp3) is 0.579. The number of Topliss-reactive ketones (excluding diaryl/α,β-unsaturated/α-hetero) is 1. The number of hydrogen-bond acceptors (Lipinski definition) is 4. The number of fused-ring (bicyclic) bond motifs is 6. The van der Waals surface area contributed by atoms with Crippen molar-refractivity contribution in [2.75, 3.05) is 6.54 Å². The van der Waals surface area contributed by atoms with E-state index >= 15 is 0 Å². The van der Waals surface area contributed by atoms with Crippen molar-refractivity contribution in [3.8, 4) is 0 Å². The average Bonchev–Trinajstić information content (AvgIpc) is 2.71. The number of ether oxygens (including phenoxy) is 2. The highest BCUT2D eigenvalue weighted by Gasteiger charge is 2.49. The zero-order chi connectivity index (χ0) is 17.1. The summed E-state index contributed by atoms with van der Waals surface area (Å²) in [5, 5.41) is 0. The molecule has 3 aliphatic rings. The van der Waals surface area contributed by atoms with E-state index < -0.39 is 18.0 Å². The Bertz CT molecular complexity index is 711. The van der Waals surface area contributed by atoms with E-state index in [0.29, 0.717) is 19.5 Å². The molecule has 2 bridgehead atoms. The number of amides is 1. The van der Waals surface area contributed by atoms with Crippen LogP contribution >= 0.6 is 0 Å². The van der Waals surface area contributed by atoms with Crippen LogP contribution in [0.3, 0.4) is 0 Å².